The van der Waals surface area contributed by atoms with Crippen molar-refractivity contribution in [2.45, 2.75) is 105 Å². The maximum absolute atomic E-state index is 12.2. The minimum atomic E-state index is -0.303. The van der Waals surface area contributed by atoms with E-state index in [-0.39, 0.29) is 40.9 Å². The summed E-state index contributed by atoms with van der Waals surface area (Å²) in [4.78, 5) is 35.4. The van der Waals surface area contributed by atoms with E-state index < -0.39 is 0 Å². The Morgan fingerprint density at radius 1 is 0.818 bits per heavy atom. The number of hydrogen-bond acceptors (Lipinski definition) is 6. The molecule has 0 bridgehead atoms. The molecule has 4 saturated carbocycles. The molecule has 6 heteroatoms. The summed E-state index contributed by atoms with van der Waals surface area (Å²) >= 11 is 0. The summed E-state index contributed by atoms with van der Waals surface area (Å²) in [6.07, 6.45) is 7.79. The number of carbonyl (C=O) groups is 3. The minimum absolute atomic E-state index is 0.0302. The summed E-state index contributed by atoms with van der Waals surface area (Å²) in [7, 11) is 0. The van der Waals surface area contributed by atoms with Crippen LogP contribution in [-0.4, -0.2) is 30.1 Å². The van der Waals surface area contributed by atoms with Crippen LogP contribution < -0.4 is 0 Å². The van der Waals surface area contributed by atoms with Crippen molar-refractivity contribution in [1.29, 1.82) is 0 Å². The SMILES string of the molecule is CC(=O)O/C(C)=C1\CC[C@@H]2[C@@H]3CC[C@@H]4C[C@H](OC(C)=O)CC[C@]4(C)[C@@H]3C[C@H](OC(C)=O)[C@@]12C. The smallest absolute Gasteiger partial charge is 0.307 e. The normalized spacial score (nSPS) is 43.5. The number of rotatable bonds is 3. The lowest BCUT2D eigenvalue weighted by Crippen LogP contribution is -2.58. The van der Waals surface area contributed by atoms with Crippen molar-refractivity contribution >= 4 is 17.9 Å². The zero-order valence-corrected chi connectivity index (χ0v) is 21.1. The molecule has 6 nitrogen and oxygen atoms in total. The molecule has 0 N–H and O–H groups in total. The lowest BCUT2D eigenvalue weighted by molar-refractivity contribution is -0.184. The van der Waals surface area contributed by atoms with E-state index in [1.54, 1.807) is 0 Å². The van der Waals surface area contributed by atoms with Gasteiger partial charge in [0.2, 0.25) is 0 Å². The van der Waals surface area contributed by atoms with Gasteiger partial charge in [-0.3, -0.25) is 14.4 Å². The topological polar surface area (TPSA) is 78.9 Å². The maximum atomic E-state index is 12.2. The molecule has 184 valence electrons. The second kappa shape index (κ2) is 8.74. The van der Waals surface area contributed by atoms with Gasteiger partial charge in [0.1, 0.15) is 18.0 Å². The summed E-state index contributed by atoms with van der Waals surface area (Å²) in [6.45, 7) is 11.0. The number of hydrogen-bond donors (Lipinski definition) is 0. The van der Waals surface area contributed by atoms with Gasteiger partial charge in [-0.25, -0.2) is 0 Å². The fourth-order valence-corrected chi connectivity index (χ4v) is 8.53. The van der Waals surface area contributed by atoms with E-state index in [9.17, 15) is 14.4 Å². The molecule has 0 radical (unpaired) electrons. The second-order valence-electron chi connectivity index (χ2n) is 11.4. The standard InChI is InChI=1S/C27H40O6/c1-15(31-16(2)28)22-9-10-23-21-8-7-19-13-20(32-17(3)29)11-12-26(19,5)24(21)14-25(27(22,23)6)33-18(4)30/h19-21,23-25H,7-14H2,1-6H3/b22-15+/t19-,20-,21+,23-,24-,25+,26+,27+/m1/s1. The van der Waals surface area contributed by atoms with Crippen molar-refractivity contribution in [2.24, 2.45) is 34.5 Å². The van der Waals surface area contributed by atoms with Crippen LogP contribution in [0, 0.1) is 34.5 Å². The third-order valence-corrected chi connectivity index (χ3v) is 9.84. The summed E-state index contributed by atoms with van der Waals surface area (Å²) in [6, 6.07) is 0. The van der Waals surface area contributed by atoms with Crippen molar-refractivity contribution in [1.82, 2.24) is 0 Å². The molecule has 0 aromatic carbocycles. The van der Waals surface area contributed by atoms with Gasteiger partial charge in [0, 0.05) is 26.2 Å². The number of esters is 3. The molecule has 4 aliphatic rings. The minimum Gasteiger partial charge on any atom is -0.463 e. The van der Waals surface area contributed by atoms with E-state index >= 15 is 0 Å². The van der Waals surface area contributed by atoms with Crippen molar-refractivity contribution in [2.75, 3.05) is 0 Å². The first-order valence-corrected chi connectivity index (χ1v) is 12.7. The zero-order chi connectivity index (χ0) is 24.1. The van der Waals surface area contributed by atoms with Gasteiger partial charge in [0.25, 0.3) is 0 Å². The first-order valence-electron chi connectivity index (χ1n) is 12.7. The fourth-order valence-electron chi connectivity index (χ4n) is 8.53. The summed E-state index contributed by atoms with van der Waals surface area (Å²) in [5.41, 5.74) is 1.01. The number of fused-ring (bicyclic) bond motifs is 5. The zero-order valence-electron chi connectivity index (χ0n) is 21.1. The van der Waals surface area contributed by atoms with Gasteiger partial charge < -0.3 is 14.2 Å². The van der Waals surface area contributed by atoms with Crippen molar-refractivity contribution in [3.63, 3.8) is 0 Å². The van der Waals surface area contributed by atoms with Gasteiger partial charge in [0.15, 0.2) is 0 Å². The molecule has 4 fully saturated rings. The Bertz CT molecular complexity index is 861. The lowest BCUT2D eigenvalue weighted by Gasteiger charge is -2.62. The molecule has 0 aliphatic heterocycles. The van der Waals surface area contributed by atoms with E-state index in [4.69, 9.17) is 14.2 Å². The van der Waals surface area contributed by atoms with E-state index in [1.165, 1.54) is 20.8 Å². The third-order valence-electron chi connectivity index (χ3n) is 9.84. The van der Waals surface area contributed by atoms with Crippen LogP contribution in [0.4, 0.5) is 0 Å². The molecular weight excluding hydrogens is 420 g/mol. The van der Waals surface area contributed by atoms with Gasteiger partial charge in [-0.1, -0.05) is 13.8 Å². The molecule has 8 atom stereocenters. The Labute approximate surface area is 197 Å². The Morgan fingerprint density at radius 3 is 2.15 bits per heavy atom. The molecule has 4 aliphatic carbocycles. The van der Waals surface area contributed by atoms with Crippen LogP contribution in [0.25, 0.3) is 0 Å². The maximum Gasteiger partial charge on any atom is 0.307 e. The van der Waals surface area contributed by atoms with E-state index in [2.05, 4.69) is 13.8 Å². The molecule has 33 heavy (non-hydrogen) atoms. The molecule has 0 heterocycles. The molecule has 0 aromatic rings. The number of ether oxygens (including phenoxy) is 3. The van der Waals surface area contributed by atoms with Gasteiger partial charge in [-0.15, -0.1) is 0 Å². The average Bonchev–Trinajstić information content (AvgIpc) is 3.06. The fraction of sp³-hybridized carbons (Fsp3) is 0.815. The Kier molecular flexibility index (Phi) is 6.43. The average molecular weight is 461 g/mol. The monoisotopic (exact) mass is 460 g/mol. The van der Waals surface area contributed by atoms with Crippen LogP contribution in [-0.2, 0) is 28.6 Å². The van der Waals surface area contributed by atoms with Crippen molar-refractivity contribution in [3.8, 4) is 0 Å². The highest BCUT2D eigenvalue weighted by atomic mass is 16.5. The van der Waals surface area contributed by atoms with Crippen LogP contribution in [0.2, 0.25) is 0 Å². The van der Waals surface area contributed by atoms with Gasteiger partial charge in [0.05, 0.1) is 0 Å². The molecule has 0 saturated heterocycles. The lowest BCUT2D eigenvalue weighted by atomic mass is 9.44. The predicted molar refractivity (Wildman–Crippen MR) is 123 cm³/mol. The highest BCUT2D eigenvalue weighted by Gasteiger charge is 2.63. The quantitative estimate of drug-likeness (QED) is 0.321. The van der Waals surface area contributed by atoms with Crippen LogP contribution in [0.3, 0.4) is 0 Å². The van der Waals surface area contributed by atoms with Gasteiger partial charge in [-0.05, 0) is 93.0 Å². The van der Waals surface area contributed by atoms with Crippen LogP contribution in [0.1, 0.15) is 92.9 Å². The molecular formula is C27H40O6. The Balaban J connectivity index is 1.67. The largest absolute Gasteiger partial charge is 0.463 e. The second-order valence-corrected chi connectivity index (χ2v) is 11.4. The highest BCUT2D eigenvalue weighted by molar-refractivity contribution is 5.68. The molecule has 0 aromatic heterocycles. The summed E-state index contributed by atoms with van der Waals surface area (Å²) in [5, 5.41) is 0. The van der Waals surface area contributed by atoms with E-state index in [0.717, 1.165) is 56.9 Å². The highest BCUT2D eigenvalue weighted by Crippen LogP contribution is 2.68. The first-order chi connectivity index (χ1) is 15.5. The molecule has 0 amide bonds. The number of allylic oxidation sites excluding steroid dienone is 1. The molecule has 4 rings (SSSR count). The first kappa shape index (κ1) is 24.3. The van der Waals surface area contributed by atoms with Gasteiger partial charge in [-0.2, -0.15) is 0 Å². The Morgan fingerprint density at radius 2 is 1.52 bits per heavy atom. The van der Waals surface area contributed by atoms with Crippen LogP contribution in [0.15, 0.2) is 11.3 Å². The van der Waals surface area contributed by atoms with Crippen molar-refractivity contribution in [3.05, 3.63) is 11.3 Å². The van der Waals surface area contributed by atoms with Gasteiger partial charge >= 0.3 is 17.9 Å². The van der Waals surface area contributed by atoms with Crippen LogP contribution in [0.5, 0.6) is 0 Å². The number of carbonyl (C=O) groups excluding carboxylic acids is 3. The van der Waals surface area contributed by atoms with Crippen molar-refractivity contribution < 1.29 is 28.6 Å². The third kappa shape index (κ3) is 4.12. The van der Waals surface area contributed by atoms with Crippen LogP contribution >= 0.6 is 0 Å². The molecule has 0 unspecified atom stereocenters. The Hall–Kier alpha value is -1.85. The summed E-state index contributed by atoms with van der Waals surface area (Å²) in [5.74, 6) is 1.93. The predicted octanol–water partition coefficient (Wildman–Crippen LogP) is 5.34. The molecule has 0 spiro atoms. The van der Waals surface area contributed by atoms with E-state index in [1.807, 2.05) is 6.92 Å². The van der Waals surface area contributed by atoms with E-state index in [0.29, 0.717) is 29.4 Å². The summed E-state index contributed by atoms with van der Waals surface area (Å²) < 4.78 is 17.2.